The Balaban J connectivity index is 2.95. The van der Waals surface area contributed by atoms with Crippen LogP contribution < -0.4 is 5.32 Å². The third kappa shape index (κ3) is 4.71. The molecule has 0 fully saturated rings. The monoisotopic (exact) mass is 326 g/mol. The van der Waals surface area contributed by atoms with Gasteiger partial charge in [0.1, 0.15) is 5.56 Å². The standard InChI is InChI=1S/C15H22N2O4S/c1-15(2,3)13(21-4)9-16-14(18)11-8-10(22-5)6-7-12(11)17(19)20/h6-8,13H,9H2,1-5H3,(H,16,18)/t13-/m0/s1. The summed E-state index contributed by atoms with van der Waals surface area (Å²) in [5, 5.41) is 13.8. The summed E-state index contributed by atoms with van der Waals surface area (Å²) in [4.78, 5) is 23.6. The zero-order valence-electron chi connectivity index (χ0n) is 13.5. The zero-order valence-corrected chi connectivity index (χ0v) is 14.3. The molecule has 1 aromatic rings. The first-order valence-corrected chi connectivity index (χ1v) is 8.06. The quantitative estimate of drug-likeness (QED) is 0.493. The van der Waals surface area contributed by atoms with Crippen LogP contribution in [0.2, 0.25) is 0 Å². The number of amides is 1. The highest BCUT2D eigenvalue weighted by atomic mass is 32.2. The molecule has 1 amide bonds. The van der Waals surface area contributed by atoms with Gasteiger partial charge in [0.2, 0.25) is 0 Å². The predicted molar refractivity (Wildman–Crippen MR) is 87.5 cm³/mol. The number of thioether (sulfide) groups is 1. The first-order chi connectivity index (χ1) is 10.2. The third-order valence-corrected chi connectivity index (χ3v) is 4.07. The Morgan fingerprint density at radius 1 is 1.45 bits per heavy atom. The van der Waals surface area contributed by atoms with Gasteiger partial charge in [-0.2, -0.15) is 0 Å². The molecule has 1 aromatic carbocycles. The maximum atomic E-state index is 12.3. The molecule has 0 aliphatic carbocycles. The average molecular weight is 326 g/mol. The van der Waals surface area contributed by atoms with Gasteiger partial charge in [0.25, 0.3) is 11.6 Å². The van der Waals surface area contributed by atoms with Gasteiger partial charge < -0.3 is 10.1 Å². The van der Waals surface area contributed by atoms with Crippen LogP contribution in [0.5, 0.6) is 0 Å². The Morgan fingerprint density at radius 3 is 2.55 bits per heavy atom. The van der Waals surface area contributed by atoms with E-state index in [0.717, 1.165) is 4.90 Å². The number of hydrogen-bond acceptors (Lipinski definition) is 5. The minimum absolute atomic E-state index is 0.0700. The third-order valence-electron chi connectivity index (χ3n) is 3.34. The van der Waals surface area contributed by atoms with Crippen molar-refractivity contribution in [3.8, 4) is 0 Å². The number of rotatable bonds is 6. The minimum Gasteiger partial charge on any atom is -0.379 e. The van der Waals surface area contributed by atoms with Crippen molar-refractivity contribution in [1.82, 2.24) is 5.32 Å². The first kappa shape index (κ1) is 18.4. The van der Waals surface area contributed by atoms with Gasteiger partial charge in [0.15, 0.2) is 0 Å². The van der Waals surface area contributed by atoms with Crippen molar-refractivity contribution >= 4 is 23.4 Å². The van der Waals surface area contributed by atoms with E-state index in [1.807, 2.05) is 27.0 Å². The smallest absolute Gasteiger partial charge is 0.282 e. The van der Waals surface area contributed by atoms with Crippen molar-refractivity contribution in [2.24, 2.45) is 5.41 Å². The highest BCUT2D eigenvalue weighted by molar-refractivity contribution is 7.98. The van der Waals surface area contributed by atoms with Crippen molar-refractivity contribution in [2.45, 2.75) is 31.8 Å². The van der Waals surface area contributed by atoms with E-state index < -0.39 is 10.8 Å². The summed E-state index contributed by atoms with van der Waals surface area (Å²) in [6, 6.07) is 4.53. The van der Waals surface area contributed by atoms with Crippen molar-refractivity contribution < 1.29 is 14.5 Å². The Morgan fingerprint density at radius 2 is 2.09 bits per heavy atom. The van der Waals surface area contributed by atoms with Gasteiger partial charge in [-0.25, -0.2) is 0 Å². The summed E-state index contributed by atoms with van der Waals surface area (Å²) in [6.07, 6.45) is 1.67. The Bertz CT molecular complexity index is 555. The fourth-order valence-corrected chi connectivity index (χ4v) is 2.45. The second kappa shape index (κ2) is 7.60. The molecular formula is C15H22N2O4S. The number of nitro benzene ring substituents is 1. The van der Waals surface area contributed by atoms with E-state index in [4.69, 9.17) is 4.74 Å². The number of ether oxygens (including phenoxy) is 1. The van der Waals surface area contributed by atoms with Crippen LogP contribution in [0.25, 0.3) is 0 Å². The average Bonchev–Trinajstić information content (AvgIpc) is 2.45. The van der Waals surface area contributed by atoms with Crippen molar-refractivity contribution in [3.05, 3.63) is 33.9 Å². The molecule has 0 unspecified atom stereocenters. The van der Waals surface area contributed by atoms with Crippen LogP contribution in [0.1, 0.15) is 31.1 Å². The number of nitrogens with zero attached hydrogens (tertiary/aromatic N) is 1. The van der Waals surface area contributed by atoms with Crippen molar-refractivity contribution in [1.29, 1.82) is 0 Å². The number of hydrogen-bond donors (Lipinski definition) is 1. The Hall–Kier alpha value is -1.60. The molecule has 0 saturated heterocycles. The van der Waals surface area contributed by atoms with Gasteiger partial charge in [-0.05, 0) is 23.8 Å². The maximum Gasteiger partial charge on any atom is 0.282 e. The van der Waals surface area contributed by atoms with Gasteiger partial charge >= 0.3 is 0 Å². The molecule has 22 heavy (non-hydrogen) atoms. The maximum absolute atomic E-state index is 12.3. The van der Waals surface area contributed by atoms with Gasteiger partial charge in [-0.15, -0.1) is 11.8 Å². The molecular weight excluding hydrogens is 304 g/mol. The number of carbonyl (C=O) groups excluding carboxylic acids is 1. The van der Waals surface area contributed by atoms with E-state index in [1.165, 1.54) is 23.9 Å². The molecule has 1 atom stereocenters. The van der Waals surface area contributed by atoms with Crippen LogP contribution in [0, 0.1) is 15.5 Å². The van der Waals surface area contributed by atoms with Gasteiger partial charge in [0.05, 0.1) is 11.0 Å². The Labute approximate surface area is 134 Å². The molecule has 0 heterocycles. The summed E-state index contributed by atoms with van der Waals surface area (Å²) in [7, 11) is 1.58. The van der Waals surface area contributed by atoms with Crippen LogP contribution in [-0.4, -0.2) is 36.8 Å². The molecule has 0 saturated carbocycles. The fraction of sp³-hybridized carbons (Fsp3) is 0.533. The molecule has 7 heteroatoms. The molecule has 6 nitrogen and oxygen atoms in total. The van der Waals surface area contributed by atoms with E-state index in [9.17, 15) is 14.9 Å². The lowest BCUT2D eigenvalue weighted by Gasteiger charge is -2.29. The number of methoxy groups -OCH3 is 1. The zero-order chi connectivity index (χ0) is 16.9. The summed E-state index contributed by atoms with van der Waals surface area (Å²) in [6.45, 7) is 6.30. The lowest BCUT2D eigenvalue weighted by molar-refractivity contribution is -0.385. The van der Waals surface area contributed by atoms with Crippen molar-refractivity contribution in [3.63, 3.8) is 0 Å². The summed E-state index contributed by atoms with van der Waals surface area (Å²) < 4.78 is 5.37. The predicted octanol–water partition coefficient (Wildman–Crippen LogP) is 3.11. The molecule has 0 radical (unpaired) electrons. The van der Waals surface area contributed by atoms with Crippen LogP contribution in [0.15, 0.2) is 23.1 Å². The normalized spacial score (nSPS) is 12.8. The molecule has 1 N–H and O–H groups in total. The lowest BCUT2D eigenvalue weighted by atomic mass is 9.89. The number of carbonyl (C=O) groups is 1. The fourth-order valence-electron chi connectivity index (χ4n) is 2.01. The largest absolute Gasteiger partial charge is 0.379 e. The van der Waals surface area contributed by atoms with E-state index in [-0.39, 0.29) is 22.8 Å². The molecule has 0 aliphatic heterocycles. The number of benzene rings is 1. The second-order valence-corrected chi connectivity index (χ2v) is 6.82. The van der Waals surface area contributed by atoms with Gasteiger partial charge in [0, 0.05) is 24.6 Å². The molecule has 0 spiro atoms. The van der Waals surface area contributed by atoms with Crippen LogP contribution in [0.4, 0.5) is 5.69 Å². The summed E-state index contributed by atoms with van der Waals surface area (Å²) >= 11 is 1.43. The molecule has 0 aromatic heterocycles. The molecule has 1 rings (SSSR count). The molecule has 122 valence electrons. The highest BCUT2D eigenvalue weighted by Gasteiger charge is 2.26. The molecule has 0 aliphatic rings. The molecule has 0 bridgehead atoms. The Kier molecular flexibility index (Phi) is 6.37. The van der Waals surface area contributed by atoms with Crippen LogP contribution in [-0.2, 0) is 4.74 Å². The van der Waals surface area contributed by atoms with E-state index in [2.05, 4.69) is 5.32 Å². The van der Waals surface area contributed by atoms with E-state index >= 15 is 0 Å². The van der Waals surface area contributed by atoms with Gasteiger partial charge in [-0.3, -0.25) is 14.9 Å². The highest BCUT2D eigenvalue weighted by Crippen LogP contribution is 2.25. The topological polar surface area (TPSA) is 81.5 Å². The van der Waals surface area contributed by atoms with E-state index in [0.29, 0.717) is 6.54 Å². The van der Waals surface area contributed by atoms with Gasteiger partial charge in [-0.1, -0.05) is 20.8 Å². The lowest BCUT2D eigenvalue weighted by Crippen LogP contribution is -2.40. The second-order valence-electron chi connectivity index (χ2n) is 5.94. The summed E-state index contributed by atoms with van der Waals surface area (Å²) in [5.41, 5.74) is -0.268. The number of nitrogens with one attached hydrogen (secondary N) is 1. The minimum atomic E-state index is -0.545. The van der Waals surface area contributed by atoms with Crippen molar-refractivity contribution in [2.75, 3.05) is 19.9 Å². The summed E-state index contributed by atoms with van der Waals surface area (Å²) in [5.74, 6) is -0.464. The van der Waals surface area contributed by atoms with Crippen LogP contribution >= 0.6 is 11.8 Å². The first-order valence-electron chi connectivity index (χ1n) is 6.84. The van der Waals surface area contributed by atoms with Crippen LogP contribution in [0.3, 0.4) is 0 Å². The number of nitro groups is 1. The SMILES string of the molecule is CO[C@@H](CNC(=O)c1cc(SC)ccc1[N+](=O)[O-])C(C)(C)C. The van der Waals surface area contributed by atoms with E-state index in [1.54, 1.807) is 13.2 Å².